The van der Waals surface area contributed by atoms with Crippen molar-refractivity contribution in [2.45, 2.75) is 31.7 Å². The third-order valence-corrected chi connectivity index (χ3v) is 5.67. The minimum Gasteiger partial charge on any atom is -0.334 e. The first-order valence-electron chi connectivity index (χ1n) is 10.1. The molecule has 0 aliphatic heterocycles. The van der Waals surface area contributed by atoms with Gasteiger partial charge in [0.2, 0.25) is 5.82 Å². The zero-order valence-electron chi connectivity index (χ0n) is 16.9. The fourth-order valence-corrected chi connectivity index (χ4v) is 4.33. The topological polar surface area (TPSA) is 42.2 Å². The summed E-state index contributed by atoms with van der Waals surface area (Å²) in [6.07, 6.45) is 6.14. The predicted octanol–water partition coefficient (Wildman–Crippen LogP) is 5.75. The van der Waals surface area contributed by atoms with Crippen LogP contribution in [0.1, 0.15) is 43.2 Å². The van der Waals surface area contributed by atoms with Crippen LogP contribution in [-0.2, 0) is 0 Å². The van der Waals surface area contributed by atoms with Crippen LogP contribution >= 0.6 is 0 Å². The molecule has 29 heavy (non-hydrogen) atoms. The summed E-state index contributed by atoms with van der Waals surface area (Å²) in [5, 5.41) is 4.09. The van der Waals surface area contributed by atoms with Crippen LogP contribution in [0.3, 0.4) is 0 Å². The molecule has 1 aromatic heterocycles. The summed E-state index contributed by atoms with van der Waals surface area (Å²) in [5.41, 5.74) is 3.34. The molecule has 3 aromatic rings. The van der Waals surface area contributed by atoms with Crippen LogP contribution in [0.4, 0.5) is 4.39 Å². The molecular formula is C24H26FN3O. The Labute approximate surface area is 171 Å². The summed E-state index contributed by atoms with van der Waals surface area (Å²) in [4.78, 5) is 6.72. The number of hydrogen-bond acceptors (Lipinski definition) is 4. The van der Waals surface area contributed by atoms with E-state index in [-0.39, 0.29) is 11.9 Å². The second kappa shape index (κ2) is 8.70. The summed E-state index contributed by atoms with van der Waals surface area (Å²) in [6, 6.07) is 17.1. The molecule has 2 aromatic carbocycles. The molecule has 1 fully saturated rings. The standard InChI is InChI=1S/C24H26FN3O/c1-28(2)23(20-9-6-10-21(25)16-20)18-13-11-17(12-14-18)15-22-26-24(27-29-22)19-7-4-3-5-8-19/h3-10,15-16,18,23H,11-14H2,1-2H3. The molecule has 0 amide bonds. The van der Waals surface area contributed by atoms with E-state index in [1.54, 1.807) is 12.1 Å². The number of allylic oxidation sites excluding steroid dienone is 1. The summed E-state index contributed by atoms with van der Waals surface area (Å²) >= 11 is 0. The van der Waals surface area contributed by atoms with Crippen molar-refractivity contribution in [3.63, 3.8) is 0 Å². The van der Waals surface area contributed by atoms with Crippen LogP contribution in [-0.4, -0.2) is 29.1 Å². The van der Waals surface area contributed by atoms with E-state index in [0.717, 1.165) is 36.8 Å². The first kappa shape index (κ1) is 19.5. The van der Waals surface area contributed by atoms with Crippen molar-refractivity contribution >= 4 is 6.08 Å². The van der Waals surface area contributed by atoms with E-state index in [4.69, 9.17) is 4.52 Å². The lowest BCUT2D eigenvalue weighted by Crippen LogP contribution is -2.29. The van der Waals surface area contributed by atoms with Gasteiger partial charge >= 0.3 is 0 Å². The van der Waals surface area contributed by atoms with Gasteiger partial charge in [0.15, 0.2) is 0 Å². The molecule has 0 saturated heterocycles. The lowest BCUT2D eigenvalue weighted by Gasteiger charge is -2.36. The van der Waals surface area contributed by atoms with Crippen molar-refractivity contribution in [2.24, 2.45) is 5.92 Å². The zero-order chi connectivity index (χ0) is 20.2. The lowest BCUT2D eigenvalue weighted by molar-refractivity contribution is 0.183. The van der Waals surface area contributed by atoms with Crippen molar-refractivity contribution in [3.8, 4) is 11.4 Å². The maximum atomic E-state index is 13.7. The molecule has 0 radical (unpaired) electrons. The highest BCUT2D eigenvalue weighted by molar-refractivity contribution is 5.55. The van der Waals surface area contributed by atoms with Crippen molar-refractivity contribution in [3.05, 3.63) is 77.4 Å². The van der Waals surface area contributed by atoms with Crippen LogP contribution in [0.5, 0.6) is 0 Å². The number of aromatic nitrogens is 2. The molecule has 4 rings (SSSR count). The van der Waals surface area contributed by atoms with Gasteiger partial charge in [0, 0.05) is 17.7 Å². The van der Waals surface area contributed by atoms with Crippen molar-refractivity contribution in [2.75, 3.05) is 14.1 Å². The first-order valence-corrected chi connectivity index (χ1v) is 10.1. The third-order valence-electron chi connectivity index (χ3n) is 5.67. The maximum Gasteiger partial charge on any atom is 0.250 e. The molecule has 1 saturated carbocycles. The fourth-order valence-electron chi connectivity index (χ4n) is 4.33. The van der Waals surface area contributed by atoms with E-state index in [1.807, 2.05) is 42.5 Å². The largest absolute Gasteiger partial charge is 0.334 e. The second-order valence-electron chi connectivity index (χ2n) is 7.93. The number of benzene rings is 2. The Kier molecular flexibility index (Phi) is 5.86. The predicted molar refractivity (Wildman–Crippen MR) is 112 cm³/mol. The second-order valence-corrected chi connectivity index (χ2v) is 7.93. The normalized spacial score (nSPS) is 18.1. The third kappa shape index (κ3) is 4.62. The van der Waals surface area contributed by atoms with Gasteiger partial charge in [-0.25, -0.2) is 4.39 Å². The Morgan fingerprint density at radius 1 is 1.07 bits per heavy atom. The minimum atomic E-state index is -0.170. The van der Waals surface area contributed by atoms with Crippen molar-refractivity contribution in [1.29, 1.82) is 0 Å². The molecule has 1 aliphatic carbocycles. The van der Waals surface area contributed by atoms with Gasteiger partial charge in [0.25, 0.3) is 5.89 Å². The van der Waals surface area contributed by atoms with Gasteiger partial charge in [-0.2, -0.15) is 4.98 Å². The average molecular weight is 391 g/mol. The van der Waals surface area contributed by atoms with Gasteiger partial charge in [0.1, 0.15) is 5.82 Å². The highest BCUT2D eigenvalue weighted by atomic mass is 19.1. The smallest absolute Gasteiger partial charge is 0.250 e. The molecule has 150 valence electrons. The SMILES string of the molecule is CN(C)C(c1cccc(F)c1)C1CCC(=Cc2nc(-c3ccccc3)no2)CC1. The van der Waals surface area contributed by atoms with E-state index in [1.165, 1.54) is 11.6 Å². The van der Waals surface area contributed by atoms with E-state index >= 15 is 0 Å². The molecule has 0 bridgehead atoms. The van der Waals surface area contributed by atoms with Gasteiger partial charge in [-0.15, -0.1) is 0 Å². The molecule has 4 nitrogen and oxygen atoms in total. The van der Waals surface area contributed by atoms with Crippen LogP contribution in [0.25, 0.3) is 17.5 Å². The van der Waals surface area contributed by atoms with E-state index in [9.17, 15) is 4.39 Å². The minimum absolute atomic E-state index is 0.170. The van der Waals surface area contributed by atoms with Crippen molar-refractivity contribution in [1.82, 2.24) is 15.0 Å². The molecule has 1 aliphatic rings. The number of rotatable bonds is 5. The molecule has 1 atom stereocenters. The van der Waals surface area contributed by atoms with Gasteiger partial charge in [-0.1, -0.05) is 53.2 Å². The molecule has 1 unspecified atom stereocenters. The number of halogens is 1. The highest BCUT2D eigenvalue weighted by Gasteiger charge is 2.28. The van der Waals surface area contributed by atoms with Crippen LogP contribution in [0.2, 0.25) is 0 Å². The van der Waals surface area contributed by atoms with Crippen LogP contribution < -0.4 is 0 Å². The Morgan fingerprint density at radius 2 is 1.83 bits per heavy atom. The molecule has 0 spiro atoms. The first-order chi connectivity index (χ1) is 14.1. The quantitative estimate of drug-likeness (QED) is 0.555. The average Bonchev–Trinajstić information content (AvgIpc) is 3.18. The molecule has 5 heteroatoms. The van der Waals surface area contributed by atoms with Gasteiger partial charge in [0.05, 0.1) is 0 Å². The number of hydrogen-bond donors (Lipinski definition) is 0. The van der Waals surface area contributed by atoms with Crippen LogP contribution in [0.15, 0.2) is 64.7 Å². The van der Waals surface area contributed by atoms with Crippen molar-refractivity contribution < 1.29 is 8.91 Å². The Bertz CT molecular complexity index is 971. The summed E-state index contributed by atoms with van der Waals surface area (Å²) in [7, 11) is 4.15. The monoisotopic (exact) mass is 391 g/mol. The number of nitrogens with zero attached hydrogens (tertiary/aromatic N) is 3. The Morgan fingerprint density at radius 3 is 2.52 bits per heavy atom. The molecular weight excluding hydrogens is 365 g/mol. The van der Waals surface area contributed by atoms with E-state index in [2.05, 4.69) is 29.1 Å². The fraction of sp³-hybridized carbons (Fsp3) is 0.333. The van der Waals surface area contributed by atoms with E-state index in [0.29, 0.717) is 17.6 Å². The lowest BCUT2D eigenvalue weighted by atomic mass is 9.78. The highest BCUT2D eigenvalue weighted by Crippen LogP contribution is 2.39. The Hall–Kier alpha value is -2.79. The summed E-state index contributed by atoms with van der Waals surface area (Å²) in [6.45, 7) is 0. The molecule has 0 N–H and O–H groups in total. The van der Waals surface area contributed by atoms with E-state index < -0.39 is 0 Å². The molecule has 1 heterocycles. The van der Waals surface area contributed by atoms with Gasteiger partial charge < -0.3 is 9.42 Å². The van der Waals surface area contributed by atoms with Crippen LogP contribution in [0, 0.1) is 11.7 Å². The van der Waals surface area contributed by atoms with Gasteiger partial charge in [-0.3, -0.25) is 0 Å². The zero-order valence-corrected chi connectivity index (χ0v) is 16.9. The van der Waals surface area contributed by atoms with Gasteiger partial charge in [-0.05, 0) is 63.4 Å². The maximum absolute atomic E-state index is 13.7. The Balaban J connectivity index is 1.44. The summed E-state index contributed by atoms with van der Waals surface area (Å²) < 4.78 is 19.2. The summed E-state index contributed by atoms with van der Waals surface area (Å²) in [5.74, 6) is 1.50.